The molecule has 1 amide bonds. The minimum Gasteiger partial charge on any atom is -0.323 e. The molecule has 0 saturated carbocycles. The largest absolute Gasteiger partial charge is 0.323 e. The smallest absolute Gasteiger partial charge is 0.258 e. The second-order valence-corrected chi connectivity index (χ2v) is 5.52. The van der Waals surface area contributed by atoms with E-state index in [9.17, 15) is 4.79 Å². The number of aryl methyl sites for hydroxylation is 1. The van der Waals surface area contributed by atoms with Gasteiger partial charge in [0, 0.05) is 30.4 Å². The summed E-state index contributed by atoms with van der Waals surface area (Å²) in [6, 6.07) is 7.18. The Morgan fingerprint density at radius 3 is 2.64 bits per heavy atom. The third-order valence-corrected chi connectivity index (χ3v) is 3.87. The average Bonchev–Trinajstić information content (AvgIpc) is 3.08. The van der Waals surface area contributed by atoms with Crippen LogP contribution in [-0.4, -0.2) is 30.8 Å². The Bertz CT molecular complexity index is 1060. The fourth-order valence-corrected chi connectivity index (χ4v) is 2.52. The number of hydrogen-bond donors (Lipinski definition) is 2. The Labute approximate surface area is 143 Å². The monoisotopic (exact) mass is 330 g/mol. The standard InChI is InChI=1S/C18H14N6O/c1-11-2-6-20-10-14(11)22-18(25)13-5-9-21-17-15(13)23-16(24-17)12-3-7-19-8-4-12/h2-10H,1H3,(H,22,25)(H,21,23,24). The third kappa shape index (κ3) is 2.83. The summed E-state index contributed by atoms with van der Waals surface area (Å²) in [4.78, 5) is 32.7. The predicted octanol–water partition coefficient (Wildman–Crippen LogP) is 2.98. The zero-order valence-corrected chi connectivity index (χ0v) is 13.4. The van der Waals surface area contributed by atoms with E-state index in [0.29, 0.717) is 28.2 Å². The van der Waals surface area contributed by atoms with Crippen LogP contribution in [-0.2, 0) is 0 Å². The van der Waals surface area contributed by atoms with Crippen LogP contribution in [0, 0.1) is 6.92 Å². The van der Waals surface area contributed by atoms with Crippen molar-refractivity contribution in [2.75, 3.05) is 5.32 Å². The van der Waals surface area contributed by atoms with Gasteiger partial charge in [0.15, 0.2) is 5.65 Å². The van der Waals surface area contributed by atoms with Crippen molar-refractivity contribution in [3.8, 4) is 11.4 Å². The molecule has 0 aliphatic rings. The summed E-state index contributed by atoms with van der Waals surface area (Å²) in [5.74, 6) is 0.388. The van der Waals surface area contributed by atoms with Crippen molar-refractivity contribution in [2.45, 2.75) is 6.92 Å². The third-order valence-electron chi connectivity index (χ3n) is 3.87. The highest BCUT2D eigenvalue weighted by Crippen LogP contribution is 2.22. The number of rotatable bonds is 3. The molecule has 0 atom stereocenters. The lowest BCUT2D eigenvalue weighted by Crippen LogP contribution is -2.13. The van der Waals surface area contributed by atoms with E-state index in [-0.39, 0.29) is 5.91 Å². The number of imidazole rings is 1. The molecule has 0 aliphatic carbocycles. The second-order valence-electron chi connectivity index (χ2n) is 5.52. The van der Waals surface area contributed by atoms with Gasteiger partial charge in [-0.15, -0.1) is 0 Å². The molecule has 7 nitrogen and oxygen atoms in total. The molecule has 0 spiro atoms. The van der Waals surface area contributed by atoms with E-state index in [1.165, 1.54) is 0 Å². The molecular weight excluding hydrogens is 316 g/mol. The number of hydrogen-bond acceptors (Lipinski definition) is 5. The molecule has 0 aliphatic heterocycles. The summed E-state index contributed by atoms with van der Waals surface area (Å²) in [6.45, 7) is 1.91. The molecule has 0 bridgehead atoms. The first-order chi connectivity index (χ1) is 12.2. The first kappa shape index (κ1) is 14.9. The molecule has 4 rings (SSSR count). The van der Waals surface area contributed by atoms with Crippen LogP contribution in [0.15, 0.2) is 55.2 Å². The van der Waals surface area contributed by atoms with E-state index >= 15 is 0 Å². The summed E-state index contributed by atoms with van der Waals surface area (Å²) < 4.78 is 0. The highest BCUT2D eigenvalue weighted by Gasteiger charge is 2.16. The first-order valence-electron chi connectivity index (χ1n) is 7.69. The molecule has 0 aromatic carbocycles. The number of amides is 1. The highest BCUT2D eigenvalue weighted by molar-refractivity contribution is 6.11. The van der Waals surface area contributed by atoms with E-state index in [2.05, 4.69) is 30.2 Å². The Kier molecular flexibility index (Phi) is 3.66. The van der Waals surface area contributed by atoms with Crippen LogP contribution in [0.3, 0.4) is 0 Å². The van der Waals surface area contributed by atoms with Crippen molar-refractivity contribution in [3.63, 3.8) is 0 Å². The minimum absolute atomic E-state index is 0.253. The molecule has 4 aromatic rings. The molecular formula is C18H14N6O. The number of fused-ring (bicyclic) bond motifs is 1. The van der Waals surface area contributed by atoms with Crippen LogP contribution in [0.25, 0.3) is 22.6 Å². The van der Waals surface area contributed by atoms with Crippen LogP contribution in [0.2, 0.25) is 0 Å². The summed E-state index contributed by atoms with van der Waals surface area (Å²) in [6.07, 6.45) is 8.27. The molecule has 7 heteroatoms. The number of pyridine rings is 3. The number of carbonyl (C=O) groups is 1. The molecule has 4 heterocycles. The number of nitrogens with zero attached hydrogens (tertiary/aromatic N) is 4. The van der Waals surface area contributed by atoms with Gasteiger partial charge in [0.25, 0.3) is 5.91 Å². The van der Waals surface area contributed by atoms with Gasteiger partial charge in [-0.3, -0.25) is 14.8 Å². The Hall–Kier alpha value is -3.61. The first-order valence-corrected chi connectivity index (χ1v) is 7.69. The number of aromatic amines is 1. The maximum atomic E-state index is 12.7. The maximum absolute atomic E-state index is 12.7. The summed E-state index contributed by atoms with van der Waals surface area (Å²) in [7, 11) is 0. The van der Waals surface area contributed by atoms with Gasteiger partial charge in [0.2, 0.25) is 0 Å². The fraction of sp³-hybridized carbons (Fsp3) is 0.0556. The van der Waals surface area contributed by atoms with Gasteiger partial charge >= 0.3 is 0 Å². The molecule has 0 unspecified atom stereocenters. The molecule has 25 heavy (non-hydrogen) atoms. The van der Waals surface area contributed by atoms with Crippen LogP contribution < -0.4 is 5.32 Å². The minimum atomic E-state index is -0.253. The normalized spacial score (nSPS) is 10.8. The van der Waals surface area contributed by atoms with E-state index in [0.717, 1.165) is 11.1 Å². The molecule has 0 radical (unpaired) electrons. The zero-order valence-electron chi connectivity index (χ0n) is 13.4. The van der Waals surface area contributed by atoms with Crippen molar-refractivity contribution >= 4 is 22.8 Å². The second kappa shape index (κ2) is 6.12. The summed E-state index contributed by atoms with van der Waals surface area (Å²) in [5, 5.41) is 2.87. The molecule has 4 aromatic heterocycles. The topological polar surface area (TPSA) is 96.5 Å². The van der Waals surface area contributed by atoms with E-state index in [1.807, 2.05) is 25.1 Å². The molecule has 2 N–H and O–H groups in total. The summed E-state index contributed by atoms with van der Waals surface area (Å²) in [5.41, 5.74) is 4.01. The lowest BCUT2D eigenvalue weighted by atomic mass is 10.2. The maximum Gasteiger partial charge on any atom is 0.258 e. The van der Waals surface area contributed by atoms with Gasteiger partial charge in [-0.05, 0) is 36.8 Å². The van der Waals surface area contributed by atoms with Gasteiger partial charge in [0.05, 0.1) is 17.4 Å². The van der Waals surface area contributed by atoms with Crippen molar-refractivity contribution in [2.24, 2.45) is 0 Å². The van der Waals surface area contributed by atoms with Gasteiger partial charge < -0.3 is 10.3 Å². The lowest BCUT2D eigenvalue weighted by molar-refractivity contribution is 0.102. The quantitative estimate of drug-likeness (QED) is 0.602. The lowest BCUT2D eigenvalue weighted by Gasteiger charge is -2.07. The molecule has 0 fully saturated rings. The average molecular weight is 330 g/mol. The van der Waals surface area contributed by atoms with Crippen LogP contribution >= 0.6 is 0 Å². The zero-order chi connectivity index (χ0) is 17.2. The van der Waals surface area contributed by atoms with Gasteiger partial charge in [0.1, 0.15) is 11.3 Å². The van der Waals surface area contributed by atoms with Crippen LogP contribution in [0.4, 0.5) is 5.69 Å². The molecule has 0 saturated heterocycles. The molecule has 122 valence electrons. The van der Waals surface area contributed by atoms with Crippen molar-refractivity contribution in [1.82, 2.24) is 24.9 Å². The predicted molar refractivity (Wildman–Crippen MR) is 94.0 cm³/mol. The van der Waals surface area contributed by atoms with E-state index < -0.39 is 0 Å². The number of aromatic nitrogens is 5. The van der Waals surface area contributed by atoms with Crippen LogP contribution in [0.1, 0.15) is 15.9 Å². The Morgan fingerprint density at radius 2 is 1.84 bits per heavy atom. The number of H-pyrrole nitrogens is 1. The van der Waals surface area contributed by atoms with Gasteiger partial charge in [-0.25, -0.2) is 9.97 Å². The number of anilines is 1. The Balaban J connectivity index is 1.74. The van der Waals surface area contributed by atoms with Crippen molar-refractivity contribution in [1.29, 1.82) is 0 Å². The van der Waals surface area contributed by atoms with E-state index in [1.54, 1.807) is 37.1 Å². The van der Waals surface area contributed by atoms with Gasteiger partial charge in [-0.1, -0.05) is 0 Å². The van der Waals surface area contributed by atoms with Gasteiger partial charge in [-0.2, -0.15) is 0 Å². The van der Waals surface area contributed by atoms with Crippen molar-refractivity contribution in [3.05, 3.63) is 66.4 Å². The SMILES string of the molecule is Cc1ccncc1NC(=O)c1ccnc2[nH]c(-c3ccncc3)nc12. The van der Waals surface area contributed by atoms with E-state index in [4.69, 9.17) is 0 Å². The fourth-order valence-electron chi connectivity index (χ4n) is 2.52. The number of nitrogens with one attached hydrogen (secondary N) is 2. The summed E-state index contributed by atoms with van der Waals surface area (Å²) >= 11 is 0. The Morgan fingerprint density at radius 1 is 1.04 bits per heavy atom. The highest BCUT2D eigenvalue weighted by atomic mass is 16.1. The number of carbonyl (C=O) groups excluding carboxylic acids is 1. The van der Waals surface area contributed by atoms with Crippen LogP contribution in [0.5, 0.6) is 0 Å². The van der Waals surface area contributed by atoms with Crippen molar-refractivity contribution < 1.29 is 4.79 Å².